The van der Waals surface area contributed by atoms with Gasteiger partial charge >= 0.3 is 5.97 Å². The van der Waals surface area contributed by atoms with Gasteiger partial charge in [0, 0.05) is 6.54 Å². The van der Waals surface area contributed by atoms with Gasteiger partial charge in [0.25, 0.3) is 5.91 Å². The van der Waals surface area contributed by atoms with Crippen molar-refractivity contribution < 1.29 is 19.1 Å². The molecule has 5 rings (SSSR count). The van der Waals surface area contributed by atoms with Crippen LogP contribution in [-0.4, -0.2) is 37.5 Å². The number of ether oxygens (including phenoxy) is 1. The summed E-state index contributed by atoms with van der Waals surface area (Å²) in [5.74, 6) is 0.177. The summed E-state index contributed by atoms with van der Waals surface area (Å²) >= 11 is 0. The molecule has 1 aromatic rings. The van der Waals surface area contributed by atoms with Crippen molar-refractivity contribution in [2.45, 2.75) is 50.9 Å². The summed E-state index contributed by atoms with van der Waals surface area (Å²) in [6.07, 6.45) is 6.06. The van der Waals surface area contributed by atoms with Crippen molar-refractivity contribution in [2.24, 2.45) is 17.3 Å². The van der Waals surface area contributed by atoms with Crippen molar-refractivity contribution in [1.82, 2.24) is 10.6 Å². The van der Waals surface area contributed by atoms with E-state index >= 15 is 0 Å². The van der Waals surface area contributed by atoms with Crippen molar-refractivity contribution in [3.63, 3.8) is 0 Å². The highest BCUT2D eigenvalue weighted by Crippen LogP contribution is 2.66. The Morgan fingerprint density at radius 3 is 2.34 bits per heavy atom. The number of rotatable bonds is 7. The molecule has 0 radical (unpaired) electrons. The van der Waals surface area contributed by atoms with Crippen LogP contribution in [-0.2, 0) is 24.5 Å². The average molecular weight is 399 g/mol. The van der Waals surface area contributed by atoms with Gasteiger partial charge in [-0.15, -0.1) is 0 Å². The minimum atomic E-state index is -0.472. The lowest BCUT2D eigenvalue weighted by Crippen LogP contribution is -2.57. The van der Waals surface area contributed by atoms with E-state index in [-0.39, 0.29) is 30.4 Å². The fraction of sp³-hybridized carbons (Fsp3) is 0.609. The number of hydrogen-bond acceptors (Lipinski definition) is 4. The van der Waals surface area contributed by atoms with Crippen molar-refractivity contribution in [3.8, 4) is 0 Å². The Bertz CT molecular complexity index is 777. The Kier molecular flexibility index (Phi) is 5.36. The van der Waals surface area contributed by atoms with Crippen LogP contribution in [0.4, 0.5) is 0 Å². The third-order valence-corrected chi connectivity index (χ3v) is 7.03. The maximum atomic E-state index is 13.1. The predicted octanol–water partition coefficient (Wildman–Crippen LogP) is 2.32. The molecule has 4 aliphatic carbocycles. The lowest BCUT2D eigenvalue weighted by molar-refractivity contribution is -0.175. The second-order valence-electron chi connectivity index (χ2n) is 9.19. The fourth-order valence-corrected chi connectivity index (χ4v) is 6.40. The summed E-state index contributed by atoms with van der Waals surface area (Å²) in [5.41, 5.74) is 0.927. The van der Waals surface area contributed by atoms with Crippen LogP contribution in [0.25, 0.3) is 0 Å². The zero-order chi connectivity index (χ0) is 20.5. The smallest absolute Gasteiger partial charge is 0.312 e. The molecule has 0 aliphatic heterocycles. The quantitative estimate of drug-likeness (QED) is 0.691. The van der Waals surface area contributed by atoms with Crippen LogP contribution >= 0.6 is 0 Å². The monoisotopic (exact) mass is 398 g/mol. The summed E-state index contributed by atoms with van der Waals surface area (Å²) in [5, 5.41) is 5.11. The van der Waals surface area contributed by atoms with Crippen LogP contribution in [0.2, 0.25) is 0 Å². The van der Waals surface area contributed by atoms with Crippen LogP contribution in [0.5, 0.6) is 0 Å². The minimum Gasteiger partial charge on any atom is -0.455 e. The highest BCUT2D eigenvalue weighted by Gasteiger charge is 2.61. The first-order valence-electron chi connectivity index (χ1n) is 10.7. The van der Waals surface area contributed by atoms with Crippen molar-refractivity contribution in [3.05, 3.63) is 35.9 Å². The Balaban J connectivity index is 1.41. The molecule has 0 aromatic heterocycles. The molecule has 4 atom stereocenters. The number of hydrogen-bond donors (Lipinski definition) is 2. The van der Waals surface area contributed by atoms with Gasteiger partial charge in [0.2, 0.25) is 5.91 Å². The summed E-state index contributed by atoms with van der Waals surface area (Å²) in [7, 11) is 0. The fourth-order valence-electron chi connectivity index (χ4n) is 6.40. The van der Waals surface area contributed by atoms with E-state index in [1.165, 1.54) is 12.0 Å². The third kappa shape index (κ3) is 3.89. The van der Waals surface area contributed by atoms with E-state index in [2.05, 4.69) is 34.9 Å². The summed E-state index contributed by atoms with van der Waals surface area (Å²) in [6.45, 7) is 1.90. The van der Waals surface area contributed by atoms with Gasteiger partial charge in [-0.1, -0.05) is 30.3 Å². The van der Waals surface area contributed by atoms with E-state index in [1.807, 2.05) is 13.0 Å². The molecule has 4 aliphatic rings. The number of carbonyl (C=O) groups excluding carboxylic acids is 3. The SMILES string of the molecule is CCNC(=O)CNC(=O)COC(=O)C12C[C@H]3C[C@@H](C1)CC(c1ccccc1)(C3)C2. The molecule has 156 valence electrons. The van der Waals surface area contributed by atoms with Crippen LogP contribution in [0.3, 0.4) is 0 Å². The average Bonchev–Trinajstić information content (AvgIpc) is 2.70. The molecule has 6 heteroatoms. The Hall–Kier alpha value is -2.37. The second kappa shape index (κ2) is 7.81. The maximum Gasteiger partial charge on any atom is 0.312 e. The molecule has 0 spiro atoms. The van der Waals surface area contributed by atoms with E-state index in [0.717, 1.165) is 32.1 Å². The molecule has 0 saturated heterocycles. The Labute approximate surface area is 171 Å². The summed E-state index contributed by atoms with van der Waals surface area (Å²) in [4.78, 5) is 36.6. The summed E-state index contributed by atoms with van der Waals surface area (Å²) < 4.78 is 5.48. The van der Waals surface area contributed by atoms with Gasteiger partial charge in [-0.3, -0.25) is 14.4 Å². The van der Waals surface area contributed by atoms with E-state index in [1.54, 1.807) is 0 Å². The normalized spacial score (nSPS) is 31.9. The molecule has 2 N–H and O–H groups in total. The van der Waals surface area contributed by atoms with E-state index in [9.17, 15) is 14.4 Å². The first-order chi connectivity index (χ1) is 13.9. The number of carbonyl (C=O) groups is 3. The highest BCUT2D eigenvalue weighted by molar-refractivity contribution is 5.87. The third-order valence-electron chi connectivity index (χ3n) is 7.03. The molecular weight excluding hydrogens is 368 g/mol. The predicted molar refractivity (Wildman–Crippen MR) is 108 cm³/mol. The van der Waals surface area contributed by atoms with Crippen LogP contribution in [0.1, 0.15) is 51.0 Å². The lowest BCUT2D eigenvalue weighted by Gasteiger charge is -2.61. The van der Waals surface area contributed by atoms with Gasteiger partial charge in [-0.2, -0.15) is 0 Å². The number of likely N-dealkylation sites (N-methyl/N-ethyl adjacent to an activating group) is 1. The van der Waals surface area contributed by atoms with E-state index in [4.69, 9.17) is 4.74 Å². The van der Waals surface area contributed by atoms with Crippen LogP contribution in [0, 0.1) is 17.3 Å². The topological polar surface area (TPSA) is 84.5 Å². The first-order valence-corrected chi connectivity index (χ1v) is 10.7. The van der Waals surface area contributed by atoms with Gasteiger partial charge in [-0.25, -0.2) is 0 Å². The van der Waals surface area contributed by atoms with Gasteiger partial charge < -0.3 is 15.4 Å². The Morgan fingerprint density at radius 1 is 1.00 bits per heavy atom. The molecule has 1 aromatic carbocycles. The van der Waals surface area contributed by atoms with E-state index < -0.39 is 11.3 Å². The number of esters is 1. The lowest BCUT2D eigenvalue weighted by atomic mass is 9.43. The zero-order valence-corrected chi connectivity index (χ0v) is 17.0. The molecule has 2 amide bonds. The van der Waals surface area contributed by atoms with Gasteiger partial charge in [0.05, 0.1) is 12.0 Å². The zero-order valence-electron chi connectivity index (χ0n) is 17.0. The maximum absolute atomic E-state index is 13.1. The number of nitrogens with one attached hydrogen (secondary N) is 2. The van der Waals surface area contributed by atoms with Crippen molar-refractivity contribution in [1.29, 1.82) is 0 Å². The number of amides is 2. The molecule has 6 nitrogen and oxygen atoms in total. The second-order valence-corrected chi connectivity index (χ2v) is 9.19. The molecule has 4 bridgehead atoms. The van der Waals surface area contributed by atoms with Crippen molar-refractivity contribution in [2.75, 3.05) is 19.7 Å². The number of benzene rings is 1. The largest absolute Gasteiger partial charge is 0.455 e. The highest BCUT2D eigenvalue weighted by atomic mass is 16.5. The minimum absolute atomic E-state index is 0.0604. The van der Waals surface area contributed by atoms with Gasteiger partial charge in [-0.05, 0) is 68.3 Å². The van der Waals surface area contributed by atoms with Gasteiger partial charge in [0.15, 0.2) is 6.61 Å². The molecule has 4 fully saturated rings. The molecule has 2 unspecified atom stereocenters. The standard InChI is InChI=1S/C23H30N2O4/c1-2-24-19(26)13-25-20(27)14-29-21(28)23-11-16-8-17(12-23)10-22(9-16,15-23)18-6-4-3-5-7-18/h3-7,16-17H,2,8-15H2,1H3,(H,24,26)(H,25,27)/t16-,17+,22?,23?. The molecule has 0 heterocycles. The van der Waals surface area contributed by atoms with Crippen LogP contribution < -0.4 is 10.6 Å². The Morgan fingerprint density at radius 2 is 1.69 bits per heavy atom. The van der Waals surface area contributed by atoms with E-state index in [0.29, 0.717) is 18.4 Å². The van der Waals surface area contributed by atoms with Crippen LogP contribution in [0.15, 0.2) is 30.3 Å². The molecular formula is C23H30N2O4. The molecule has 29 heavy (non-hydrogen) atoms. The first kappa shape index (κ1) is 19.9. The van der Waals surface area contributed by atoms with Gasteiger partial charge in [0.1, 0.15) is 0 Å². The van der Waals surface area contributed by atoms with Crippen molar-refractivity contribution >= 4 is 17.8 Å². The molecule has 4 saturated carbocycles. The summed E-state index contributed by atoms with van der Waals surface area (Å²) in [6, 6.07) is 10.6.